The van der Waals surface area contributed by atoms with Crippen molar-refractivity contribution in [1.82, 2.24) is 9.62 Å². The van der Waals surface area contributed by atoms with Gasteiger partial charge in [0, 0.05) is 13.1 Å². The highest BCUT2D eigenvalue weighted by molar-refractivity contribution is 7.89. The predicted octanol–water partition coefficient (Wildman–Crippen LogP) is 3.24. The van der Waals surface area contributed by atoms with Crippen LogP contribution in [-0.4, -0.2) is 38.9 Å². The molecule has 0 atom stereocenters. The van der Waals surface area contributed by atoms with Crippen molar-refractivity contribution in [2.45, 2.75) is 44.4 Å². The number of nitrogens with zero attached hydrogens (tertiary/aromatic N) is 1. The van der Waals surface area contributed by atoms with Gasteiger partial charge in [-0.1, -0.05) is 32.9 Å². The molecule has 0 bridgehead atoms. The first-order valence-electron chi connectivity index (χ1n) is 8.26. The van der Waals surface area contributed by atoms with Crippen LogP contribution in [0.1, 0.15) is 45.1 Å². The maximum Gasteiger partial charge on any atom is 0.243 e. The van der Waals surface area contributed by atoms with Gasteiger partial charge in [0.15, 0.2) is 0 Å². The van der Waals surface area contributed by atoms with Crippen LogP contribution in [0.2, 0.25) is 0 Å². The number of hydrogen-bond acceptors (Lipinski definition) is 3. The molecule has 1 heterocycles. The van der Waals surface area contributed by atoms with E-state index < -0.39 is 10.0 Å². The van der Waals surface area contributed by atoms with E-state index in [0.29, 0.717) is 29.8 Å². The van der Waals surface area contributed by atoms with Crippen molar-refractivity contribution in [3.8, 4) is 0 Å². The highest BCUT2D eigenvalue weighted by Gasteiger charge is 2.29. The number of nitrogens with one attached hydrogen (secondary N) is 1. The second-order valence-electron chi connectivity index (χ2n) is 6.38. The van der Waals surface area contributed by atoms with Crippen molar-refractivity contribution in [2.75, 3.05) is 26.2 Å². The molecule has 1 aromatic rings. The molecule has 0 aliphatic carbocycles. The maximum absolute atomic E-state index is 12.8. The highest BCUT2D eigenvalue weighted by Crippen LogP contribution is 2.25. The van der Waals surface area contributed by atoms with Crippen LogP contribution < -0.4 is 5.32 Å². The number of benzene rings is 1. The summed E-state index contributed by atoms with van der Waals surface area (Å²) in [5.41, 5.74) is 1.07. The van der Waals surface area contributed by atoms with Crippen LogP contribution in [0.5, 0.6) is 0 Å². The minimum Gasteiger partial charge on any atom is -0.317 e. The maximum atomic E-state index is 12.8. The molecule has 1 saturated heterocycles. The zero-order chi connectivity index (χ0) is 16.2. The van der Waals surface area contributed by atoms with Crippen molar-refractivity contribution in [2.24, 2.45) is 5.92 Å². The van der Waals surface area contributed by atoms with Gasteiger partial charge in [-0.05, 0) is 55.5 Å². The Balaban J connectivity index is 0.00000264. The van der Waals surface area contributed by atoms with E-state index in [4.69, 9.17) is 0 Å². The van der Waals surface area contributed by atoms with Crippen LogP contribution in [0.25, 0.3) is 0 Å². The summed E-state index contributed by atoms with van der Waals surface area (Å²) in [6, 6.07) is 7.38. The first-order valence-corrected chi connectivity index (χ1v) is 9.70. The predicted molar refractivity (Wildman–Crippen MR) is 97.8 cm³/mol. The van der Waals surface area contributed by atoms with Gasteiger partial charge < -0.3 is 5.32 Å². The van der Waals surface area contributed by atoms with Crippen LogP contribution >= 0.6 is 12.4 Å². The van der Waals surface area contributed by atoms with Gasteiger partial charge in [0.05, 0.1) is 4.90 Å². The number of rotatable bonds is 6. The highest BCUT2D eigenvalue weighted by atomic mass is 35.5. The van der Waals surface area contributed by atoms with Crippen molar-refractivity contribution < 1.29 is 8.42 Å². The van der Waals surface area contributed by atoms with Crippen molar-refractivity contribution >= 4 is 22.4 Å². The summed E-state index contributed by atoms with van der Waals surface area (Å²) in [7, 11) is -3.35. The summed E-state index contributed by atoms with van der Waals surface area (Å²) in [5.74, 6) is 0.925. The van der Waals surface area contributed by atoms with Gasteiger partial charge >= 0.3 is 0 Å². The third-order valence-corrected chi connectivity index (χ3v) is 6.31. The molecular weight excluding hydrogens is 332 g/mol. The van der Waals surface area contributed by atoms with E-state index in [2.05, 4.69) is 26.1 Å². The van der Waals surface area contributed by atoms with E-state index in [1.165, 1.54) is 0 Å². The molecule has 0 unspecified atom stereocenters. The zero-order valence-corrected chi connectivity index (χ0v) is 15.9. The van der Waals surface area contributed by atoms with Crippen LogP contribution in [-0.2, 0) is 10.0 Å². The largest absolute Gasteiger partial charge is 0.317 e. The van der Waals surface area contributed by atoms with Crippen LogP contribution in [0.3, 0.4) is 0 Å². The lowest BCUT2D eigenvalue weighted by Gasteiger charge is -2.31. The van der Waals surface area contributed by atoms with E-state index in [-0.39, 0.29) is 12.4 Å². The average molecular weight is 361 g/mol. The Morgan fingerprint density at radius 2 is 1.91 bits per heavy atom. The zero-order valence-electron chi connectivity index (χ0n) is 14.3. The lowest BCUT2D eigenvalue weighted by Crippen LogP contribution is -2.40. The molecule has 1 N–H and O–H groups in total. The number of piperidine rings is 1. The lowest BCUT2D eigenvalue weighted by atomic mass is 9.98. The van der Waals surface area contributed by atoms with Crippen molar-refractivity contribution in [1.29, 1.82) is 0 Å². The summed E-state index contributed by atoms with van der Waals surface area (Å²) in [4.78, 5) is 0.434. The molecular formula is C17H29ClN2O2S. The molecule has 1 aromatic carbocycles. The first-order chi connectivity index (χ1) is 10.4. The smallest absolute Gasteiger partial charge is 0.243 e. The molecule has 1 fully saturated rings. The topological polar surface area (TPSA) is 49.4 Å². The van der Waals surface area contributed by atoms with E-state index in [9.17, 15) is 8.42 Å². The molecule has 2 rings (SSSR count). The van der Waals surface area contributed by atoms with E-state index in [0.717, 1.165) is 31.5 Å². The normalized spacial score (nSPS) is 17.2. The molecule has 6 heteroatoms. The fourth-order valence-electron chi connectivity index (χ4n) is 2.89. The van der Waals surface area contributed by atoms with Gasteiger partial charge in [-0.15, -0.1) is 12.4 Å². The monoisotopic (exact) mass is 360 g/mol. The third kappa shape index (κ3) is 5.18. The summed E-state index contributed by atoms with van der Waals surface area (Å²) in [5, 5.41) is 3.36. The van der Waals surface area contributed by atoms with Gasteiger partial charge in [-0.3, -0.25) is 0 Å². The molecule has 0 amide bonds. The summed E-state index contributed by atoms with van der Waals surface area (Å²) < 4.78 is 27.2. The van der Waals surface area contributed by atoms with Gasteiger partial charge in [0.1, 0.15) is 0 Å². The molecule has 0 saturated carbocycles. The van der Waals surface area contributed by atoms with E-state index >= 15 is 0 Å². The Kier molecular flexibility index (Phi) is 8.01. The lowest BCUT2D eigenvalue weighted by molar-refractivity contribution is 0.268. The van der Waals surface area contributed by atoms with Crippen molar-refractivity contribution in [3.63, 3.8) is 0 Å². The Morgan fingerprint density at radius 3 is 2.48 bits per heavy atom. The molecule has 23 heavy (non-hydrogen) atoms. The van der Waals surface area contributed by atoms with Crippen LogP contribution in [0.15, 0.2) is 29.2 Å². The second kappa shape index (κ2) is 9.02. The van der Waals surface area contributed by atoms with Crippen LogP contribution in [0, 0.1) is 5.92 Å². The summed E-state index contributed by atoms with van der Waals surface area (Å²) in [6.45, 7) is 9.49. The standard InChI is InChI=1S/C17H28N2O2S.ClH/c1-4-18-13-15-8-10-19(11-9-15)22(20,21)17-7-5-6-16(12-17)14(2)3;/h5-7,12,14-15,18H,4,8-11,13H2,1-3H3;1H. The quantitative estimate of drug-likeness (QED) is 0.847. The number of halogens is 1. The average Bonchev–Trinajstić information content (AvgIpc) is 2.53. The van der Waals surface area contributed by atoms with Gasteiger partial charge in [0.25, 0.3) is 0 Å². The SMILES string of the molecule is CCNCC1CCN(S(=O)(=O)c2cccc(C(C)C)c2)CC1.Cl. The fraction of sp³-hybridized carbons (Fsp3) is 0.647. The molecule has 1 aliphatic rings. The first kappa shape index (κ1) is 20.4. The van der Waals surface area contributed by atoms with Gasteiger partial charge in [-0.25, -0.2) is 8.42 Å². The fourth-order valence-corrected chi connectivity index (χ4v) is 4.41. The molecule has 0 aromatic heterocycles. The number of sulfonamides is 1. The Hall–Kier alpha value is -0.620. The molecule has 1 aliphatic heterocycles. The second-order valence-corrected chi connectivity index (χ2v) is 8.32. The third-order valence-electron chi connectivity index (χ3n) is 4.42. The van der Waals surface area contributed by atoms with Crippen molar-refractivity contribution in [3.05, 3.63) is 29.8 Å². The summed E-state index contributed by atoms with van der Waals surface area (Å²) in [6.07, 6.45) is 1.88. The Labute approximate surface area is 147 Å². The molecule has 0 radical (unpaired) electrons. The minimum absolute atomic E-state index is 0. The van der Waals surface area contributed by atoms with E-state index in [1.54, 1.807) is 10.4 Å². The number of hydrogen-bond donors (Lipinski definition) is 1. The van der Waals surface area contributed by atoms with Crippen LogP contribution in [0.4, 0.5) is 0 Å². The van der Waals surface area contributed by atoms with Gasteiger partial charge in [0.2, 0.25) is 10.0 Å². The summed E-state index contributed by atoms with van der Waals surface area (Å²) >= 11 is 0. The minimum atomic E-state index is -3.35. The molecule has 4 nitrogen and oxygen atoms in total. The van der Waals surface area contributed by atoms with E-state index in [1.807, 2.05) is 18.2 Å². The Bertz CT molecular complexity index is 582. The molecule has 0 spiro atoms. The molecule has 132 valence electrons. The Morgan fingerprint density at radius 1 is 1.26 bits per heavy atom. The van der Waals surface area contributed by atoms with Gasteiger partial charge in [-0.2, -0.15) is 4.31 Å².